The third-order valence-electron chi connectivity index (χ3n) is 4.62. The van der Waals surface area contributed by atoms with E-state index in [1.165, 1.54) is 18.2 Å². The normalized spacial score (nSPS) is 18.0. The molecule has 1 unspecified atom stereocenters. The second kappa shape index (κ2) is 8.42. The standard InChI is InChI=1S/C22H22ClF3N2O3/c1-21(2,3)31-20(30)28-12-22(25,26)11-17(28)19(29)27-16-10-6-8-14(18(16)24)13-7-4-5-9-15(13)23/h4-10,17H,11-12H2,1-3H3,(H,27,29). The Bertz CT molecular complexity index is 1010. The van der Waals surface area contributed by atoms with Crippen LogP contribution in [0.5, 0.6) is 0 Å². The molecule has 1 aliphatic rings. The number of ether oxygens (including phenoxy) is 1. The van der Waals surface area contributed by atoms with Crippen molar-refractivity contribution in [2.75, 3.05) is 11.9 Å². The molecule has 2 aromatic carbocycles. The van der Waals surface area contributed by atoms with Crippen LogP contribution in [-0.4, -0.2) is 41.0 Å². The number of rotatable bonds is 3. The molecule has 1 fully saturated rings. The van der Waals surface area contributed by atoms with Gasteiger partial charge in [-0.3, -0.25) is 9.69 Å². The zero-order chi connectivity index (χ0) is 23.0. The monoisotopic (exact) mass is 454 g/mol. The molecule has 166 valence electrons. The zero-order valence-corrected chi connectivity index (χ0v) is 18.0. The van der Waals surface area contributed by atoms with Gasteiger partial charge in [-0.25, -0.2) is 18.0 Å². The molecule has 0 saturated carbocycles. The molecule has 1 N–H and O–H groups in total. The fraction of sp³-hybridized carbons (Fsp3) is 0.364. The highest BCUT2D eigenvalue weighted by molar-refractivity contribution is 6.33. The number of carbonyl (C=O) groups is 2. The van der Waals surface area contributed by atoms with Gasteiger partial charge < -0.3 is 10.1 Å². The quantitative estimate of drug-likeness (QED) is 0.644. The van der Waals surface area contributed by atoms with Crippen molar-refractivity contribution in [3.05, 3.63) is 53.3 Å². The smallest absolute Gasteiger partial charge is 0.411 e. The summed E-state index contributed by atoms with van der Waals surface area (Å²) >= 11 is 6.14. The molecule has 2 aromatic rings. The van der Waals surface area contributed by atoms with E-state index in [-0.39, 0.29) is 11.3 Å². The van der Waals surface area contributed by atoms with Crippen LogP contribution in [0.2, 0.25) is 5.02 Å². The van der Waals surface area contributed by atoms with Crippen molar-refractivity contribution in [2.45, 2.75) is 44.8 Å². The summed E-state index contributed by atoms with van der Waals surface area (Å²) in [6, 6.07) is 9.39. The van der Waals surface area contributed by atoms with E-state index < -0.39 is 48.3 Å². The van der Waals surface area contributed by atoms with Crippen LogP contribution in [0.15, 0.2) is 42.5 Å². The highest BCUT2D eigenvalue weighted by atomic mass is 35.5. The van der Waals surface area contributed by atoms with E-state index >= 15 is 4.39 Å². The molecule has 3 rings (SSSR count). The van der Waals surface area contributed by atoms with E-state index in [1.807, 2.05) is 0 Å². The Morgan fingerprint density at radius 2 is 1.77 bits per heavy atom. The van der Waals surface area contributed by atoms with Crippen LogP contribution in [0.25, 0.3) is 11.1 Å². The average Bonchev–Trinajstić information content (AvgIpc) is 2.99. The van der Waals surface area contributed by atoms with Crippen molar-refractivity contribution < 1.29 is 27.5 Å². The third kappa shape index (κ3) is 5.31. The number of anilines is 1. The predicted molar refractivity (Wildman–Crippen MR) is 112 cm³/mol. The van der Waals surface area contributed by atoms with Gasteiger partial charge in [-0.1, -0.05) is 41.9 Å². The van der Waals surface area contributed by atoms with Gasteiger partial charge in [-0.15, -0.1) is 0 Å². The summed E-state index contributed by atoms with van der Waals surface area (Å²) in [5, 5.41) is 2.64. The minimum Gasteiger partial charge on any atom is -0.444 e. The van der Waals surface area contributed by atoms with Gasteiger partial charge in [-0.2, -0.15) is 0 Å². The van der Waals surface area contributed by atoms with Gasteiger partial charge in [0.05, 0.1) is 12.2 Å². The van der Waals surface area contributed by atoms with Crippen LogP contribution in [0.1, 0.15) is 27.2 Å². The Hall–Kier alpha value is -2.74. The number of carbonyl (C=O) groups excluding carboxylic acids is 2. The van der Waals surface area contributed by atoms with E-state index in [4.69, 9.17) is 16.3 Å². The van der Waals surface area contributed by atoms with Crippen molar-refractivity contribution in [3.8, 4) is 11.1 Å². The molecule has 31 heavy (non-hydrogen) atoms. The number of hydrogen-bond acceptors (Lipinski definition) is 3. The van der Waals surface area contributed by atoms with Crippen LogP contribution in [-0.2, 0) is 9.53 Å². The highest BCUT2D eigenvalue weighted by Gasteiger charge is 2.51. The summed E-state index contributed by atoms with van der Waals surface area (Å²) in [4.78, 5) is 25.8. The lowest BCUT2D eigenvalue weighted by Gasteiger charge is -2.27. The fourth-order valence-corrected chi connectivity index (χ4v) is 3.53. The summed E-state index contributed by atoms with van der Waals surface area (Å²) < 4.78 is 48.3. The zero-order valence-electron chi connectivity index (χ0n) is 17.2. The number of hydrogen-bond donors (Lipinski definition) is 1. The number of halogens is 4. The second-order valence-corrected chi connectivity index (χ2v) is 8.73. The molecule has 0 aromatic heterocycles. The number of nitrogens with one attached hydrogen (secondary N) is 1. The Morgan fingerprint density at radius 3 is 2.42 bits per heavy atom. The van der Waals surface area contributed by atoms with Crippen molar-refractivity contribution in [1.82, 2.24) is 4.90 Å². The maximum atomic E-state index is 15.1. The van der Waals surface area contributed by atoms with Crippen molar-refractivity contribution in [1.29, 1.82) is 0 Å². The van der Waals surface area contributed by atoms with Gasteiger partial charge in [0.25, 0.3) is 5.92 Å². The van der Waals surface area contributed by atoms with Gasteiger partial charge >= 0.3 is 6.09 Å². The summed E-state index contributed by atoms with van der Waals surface area (Å²) in [5.74, 6) is -4.97. The molecule has 9 heteroatoms. The van der Waals surface area contributed by atoms with E-state index in [0.717, 1.165) is 0 Å². The summed E-state index contributed by atoms with van der Waals surface area (Å²) in [7, 11) is 0. The number of nitrogens with zero attached hydrogens (tertiary/aromatic N) is 1. The van der Waals surface area contributed by atoms with Gasteiger partial charge in [0.1, 0.15) is 11.6 Å². The molecule has 1 saturated heterocycles. The van der Waals surface area contributed by atoms with Crippen LogP contribution < -0.4 is 5.32 Å². The van der Waals surface area contributed by atoms with E-state index in [0.29, 0.717) is 15.5 Å². The van der Waals surface area contributed by atoms with Crippen molar-refractivity contribution in [2.24, 2.45) is 0 Å². The lowest BCUT2D eigenvalue weighted by molar-refractivity contribution is -0.120. The van der Waals surface area contributed by atoms with Gasteiger partial charge in [0, 0.05) is 22.6 Å². The first-order chi connectivity index (χ1) is 14.4. The van der Waals surface area contributed by atoms with Crippen LogP contribution in [0.4, 0.5) is 23.7 Å². The number of amides is 2. The molecular formula is C22H22ClF3N2O3. The highest BCUT2D eigenvalue weighted by Crippen LogP contribution is 2.35. The summed E-state index contributed by atoms with van der Waals surface area (Å²) in [6.07, 6.45) is -1.92. The predicted octanol–water partition coefficient (Wildman–Crippen LogP) is 5.73. The molecule has 1 aliphatic heterocycles. The molecule has 5 nitrogen and oxygen atoms in total. The first-order valence-corrected chi connectivity index (χ1v) is 9.97. The molecule has 1 heterocycles. The van der Waals surface area contributed by atoms with Gasteiger partial charge in [-0.05, 0) is 32.9 Å². The largest absolute Gasteiger partial charge is 0.444 e. The van der Waals surface area contributed by atoms with Crippen LogP contribution in [0.3, 0.4) is 0 Å². The number of alkyl halides is 2. The first-order valence-electron chi connectivity index (χ1n) is 9.60. The van der Waals surface area contributed by atoms with E-state index in [9.17, 15) is 18.4 Å². The summed E-state index contributed by atoms with van der Waals surface area (Å²) in [6.45, 7) is 3.81. The lowest BCUT2D eigenvalue weighted by atomic mass is 10.0. The molecule has 2 amide bonds. The van der Waals surface area contributed by atoms with Crippen molar-refractivity contribution >= 4 is 29.3 Å². The SMILES string of the molecule is CC(C)(C)OC(=O)N1CC(F)(F)CC1C(=O)Nc1cccc(-c2ccccc2Cl)c1F. The summed E-state index contributed by atoms with van der Waals surface area (Å²) in [5.41, 5.74) is -0.572. The fourth-order valence-electron chi connectivity index (χ4n) is 3.30. The molecule has 0 spiro atoms. The van der Waals surface area contributed by atoms with E-state index in [2.05, 4.69) is 5.32 Å². The van der Waals surface area contributed by atoms with Gasteiger partial charge in [0.2, 0.25) is 5.91 Å². The minimum atomic E-state index is -3.27. The third-order valence-corrected chi connectivity index (χ3v) is 4.95. The molecular weight excluding hydrogens is 433 g/mol. The minimum absolute atomic E-state index is 0.143. The lowest BCUT2D eigenvalue weighted by Crippen LogP contribution is -2.45. The Morgan fingerprint density at radius 1 is 1.13 bits per heavy atom. The Balaban J connectivity index is 1.86. The molecule has 0 bridgehead atoms. The Kier molecular flexibility index (Phi) is 6.23. The van der Waals surface area contributed by atoms with Crippen LogP contribution in [0, 0.1) is 5.82 Å². The second-order valence-electron chi connectivity index (χ2n) is 8.32. The topological polar surface area (TPSA) is 58.6 Å². The molecule has 0 aliphatic carbocycles. The van der Waals surface area contributed by atoms with Gasteiger partial charge in [0.15, 0.2) is 5.82 Å². The maximum absolute atomic E-state index is 15.1. The van der Waals surface area contributed by atoms with Crippen LogP contribution >= 0.6 is 11.6 Å². The number of benzene rings is 2. The Labute approximate surface area is 183 Å². The number of likely N-dealkylation sites (tertiary alicyclic amines) is 1. The molecule has 1 atom stereocenters. The molecule has 0 radical (unpaired) electrons. The van der Waals surface area contributed by atoms with Crippen molar-refractivity contribution in [3.63, 3.8) is 0 Å². The maximum Gasteiger partial charge on any atom is 0.411 e. The van der Waals surface area contributed by atoms with E-state index in [1.54, 1.807) is 45.0 Å². The first kappa shape index (κ1) is 22.9. The average molecular weight is 455 g/mol.